The Morgan fingerprint density at radius 1 is 1.24 bits per heavy atom. The van der Waals surface area contributed by atoms with Crippen molar-refractivity contribution in [1.82, 2.24) is 4.98 Å². The van der Waals surface area contributed by atoms with E-state index in [0.29, 0.717) is 11.6 Å². The van der Waals surface area contributed by atoms with E-state index in [2.05, 4.69) is 10.3 Å². The predicted octanol–water partition coefficient (Wildman–Crippen LogP) is 2.97. The van der Waals surface area contributed by atoms with Crippen LogP contribution < -0.4 is 10.9 Å². The van der Waals surface area contributed by atoms with Gasteiger partial charge in [-0.25, -0.2) is 0 Å². The van der Waals surface area contributed by atoms with Gasteiger partial charge < -0.3 is 10.3 Å². The van der Waals surface area contributed by atoms with Crippen molar-refractivity contribution >= 4 is 34.1 Å². The van der Waals surface area contributed by atoms with Gasteiger partial charge in [-0.05, 0) is 43.4 Å². The number of fused-ring (bicyclic) bond motifs is 3. The number of carbonyl (C=O) groups excluding carboxylic acids is 1. The molecule has 0 bridgehead atoms. The number of hydrogen-bond donors (Lipinski definition) is 2. The smallest absolute Gasteiger partial charge is 0.251 e. The molecule has 0 unspecified atom stereocenters. The molecule has 1 aliphatic rings. The monoisotopic (exact) mass is 304 g/mol. The van der Waals surface area contributed by atoms with E-state index in [1.165, 1.54) is 5.56 Å². The normalized spacial score (nSPS) is 14.0. The lowest BCUT2D eigenvalue weighted by atomic mass is 9.90. The number of halogens is 1. The molecule has 1 amide bonds. The summed E-state index contributed by atoms with van der Waals surface area (Å²) in [5.41, 5.74) is 3.56. The first-order valence-electron chi connectivity index (χ1n) is 7.22. The van der Waals surface area contributed by atoms with E-state index in [0.717, 1.165) is 42.1 Å². The van der Waals surface area contributed by atoms with Crippen molar-refractivity contribution < 1.29 is 4.79 Å². The largest absolute Gasteiger partial charge is 0.326 e. The Kier molecular flexibility index (Phi) is 3.97. The molecular formula is C16H17ClN2O2. The van der Waals surface area contributed by atoms with Crippen LogP contribution in [0.3, 0.4) is 0 Å². The first-order chi connectivity index (χ1) is 10.2. The number of benzene rings is 1. The molecule has 110 valence electrons. The molecule has 0 radical (unpaired) electrons. The fourth-order valence-corrected chi connectivity index (χ4v) is 3.12. The van der Waals surface area contributed by atoms with Gasteiger partial charge in [-0.2, -0.15) is 0 Å². The Bertz CT molecular complexity index is 752. The minimum atomic E-state index is -0.121. The van der Waals surface area contributed by atoms with Gasteiger partial charge in [0.15, 0.2) is 0 Å². The third kappa shape index (κ3) is 2.81. The number of rotatable bonds is 3. The Labute approximate surface area is 127 Å². The summed E-state index contributed by atoms with van der Waals surface area (Å²) >= 11 is 5.55. The van der Waals surface area contributed by atoms with E-state index < -0.39 is 0 Å². The van der Waals surface area contributed by atoms with Crippen LogP contribution in [0, 0.1) is 0 Å². The maximum absolute atomic E-state index is 12.2. The van der Waals surface area contributed by atoms with E-state index in [1.807, 2.05) is 18.2 Å². The van der Waals surface area contributed by atoms with Gasteiger partial charge in [-0.15, -0.1) is 11.6 Å². The molecule has 0 fully saturated rings. The highest BCUT2D eigenvalue weighted by atomic mass is 35.5. The SMILES string of the molecule is O=C(CCCl)Nc1ccc2c3c(c(=O)[nH]c2c1)CCCC3. The molecule has 0 saturated heterocycles. The molecule has 1 aromatic carbocycles. The van der Waals surface area contributed by atoms with Crippen molar-refractivity contribution in [3.63, 3.8) is 0 Å². The molecule has 1 aromatic heterocycles. The van der Waals surface area contributed by atoms with Gasteiger partial charge in [-0.3, -0.25) is 9.59 Å². The van der Waals surface area contributed by atoms with E-state index >= 15 is 0 Å². The van der Waals surface area contributed by atoms with Crippen LogP contribution in [0.25, 0.3) is 10.9 Å². The number of aryl methyl sites for hydroxylation is 1. The van der Waals surface area contributed by atoms with Crippen LogP contribution in [0.15, 0.2) is 23.0 Å². The molecule has 0 atom stereocenters. The highest BCUT2D eigenvalue weighted by Gasteiger charge is 2.16. The quantitative estimate of drug-likeness (QED) is 0.856. The third-order valence-corrected chi connectivity index (χ3v) is 4.13. The Hall–Kier alpha value is -1.81. The van der Waals surface area contributed by atoms with E-state index in [4.69, 9.17) is 11.6 Å². The number of anilines is 1. The van der Waals surface area contributed by atoms with Crippen LogP contribution >= 0.6 is 11.6 Å². The van der Waals surface area contributed by atoms with Crippen molar-refractivity contribution in [2.24, 2.45) is 0 Å². The van der Waals surface area contributed by atoms with Gasteiger partial charge in [0.1, 0.15) is 0 Å². The lowest BCUT2D eigenvalue weighted by Gasteiger charge is -2.17. The zero-order valence-electron chi connectivity index (χ0n) is 11.7. The van der Waals surface area contributed by atoms with Gasteiger partial charge in [0.2, 0.25) is 5.91 Å². The summed E-state index contributed by atoms with van der Waals surface area (Å²) < 4.78 is 0. The fraction of sp³-hybridized carbons (Fsp3) is 0.375. The topological polar surface area (TPSA) is 62.0 Å². The Morgan fingerprint density at radius 2 is 2.00 bits per heavy atom. The van der Waals surface area contributed by atoms with Crippen molar-refractivity contribution in [1.29, 1.82) is 0 Å². The number of amides is 1. The summed E-state index contributed by atoms with van der Waals surface area (Å²) in [7, 11) is 0. The lowest BCUT2D eigenvalue weighted by Crippen LogP contribution is -2.19. The van der Waals surface area contributed by atoms with Crippen LogP contribution in [0.1, 0.15) is 30.4 Å². The molecule has 2 N–H and O–H groups in total. The predicted molar refractivity (Wildman–Crippen MR) is 85.2 cm³/mol. The average Bonchev–Trinajstić information content (AvgIpc) is 2.47. The minimum absolute atomic E-state index is 0.00133. The number of hydrogen-bond acceptors (Lipinski definition) is 2. The highest BCUT2D eigenvalue weighted by molar-refractivity contribution is 6.19. The second-order valence-corrected chi connectivity index (χ2v) is 5.74. The molecule has 2 aromatic rings. The Morgan fingerprint density at radius 3 is 2.76 bits per heavy atom. The molecule has 0 aliphatic heterocycles. The summed E-state index contributed by atoms with van der Waals surface area (Å²) in [5.74, 6) is 0.175. The third-order valence-electron chi connectivity index (χ3n) is 3.94. The van der Waals surface area contributed by atoms with Crippen molar-refractivity contribution in [3.05, 3.63) is 39.7 Å². The number of aromatic nitrogens is 1. The number of aromatic amines is 1. The van der Waals surface area contributed by atoms with E-state index in [1.54, 1.807) is 0 Å². The minimum Gasteiger partial charge on any atom is -0.326 e. The second kappa shape index (κ2) is 5.90. The van der Waals surface area contributed by atoms with Crippen LogP contribution in [-0.2, 0) is 17.6 Å². The molecule has 1 aliphatic carbocycles. The maximum atomic E-state index is 12.2. The van der Waals surface area contributed by atoms with Crippen molar-refractivity contribution in [3.8, 4) is 0 Å². The first-order valence-corrected chi connectivity index (χ1v) is 7.76. The summed E-state index contributed by atoms with van der Waals surface area (Å²) in [4.78, 5) is 26.7. The molecule has 4 nitrogen and oxygen atoms in total. The van der Waals surface area contributed by atoms with Gasteiger partial charge in [0, 0.05) is 28.9 Å². The van der Waals surface area contributed by atoms with Crippen LogP contribution in [0.5, 0.6) is 0 Å². The summed E-state index contributed by atoms with van der Waals surface area (Å²) in [6.07, 6.45) is 4.29. The van der Waals surface area contributed by atoms with Gasteiger partial charge >= 0.3 is 0 Å². The standard InChI is InChI=1S/C16H17ClN2O2/c17-8-7-15(20)18-10-5-6-12-11-3-1-2-4-13(11)16(21)19-14(12)9-10/h5-6,9H,1-4,7-8H2,(H,18,20)(H,19,21). The van der Waals surface area contributed by atoms with Crippen molar-refractivity contribution in [2.45, 2.75) is 32.1 Å². The van der Waals surface area contributed by atoms with Gasteiger partial charge in [0.05, 0.1) is 5.52 Å². The molecule has 0 spiro atoms. The maximum Gasteiger partial charge on any atom is 0.251 e. The first kappa shape index (κ1) is 14.1. The zero-order chi connectivity index (χ0) is 14.8. The average molecular weight is 305 g/mol. The summed E-state index contributed by atoms with van der Waals surface area (Å²) in [5, 5.41) is 3.87. The number of carbonyl (C=O) groups is 1. The summed E-state index contributed by atoms with van der Waals surface area (Å²) in [6, 6.07) is 5.67. The number of alkyl halides is 1. The number of pyridine rings is 1. The molecule has 3 rings (SSSR count). The van der Waals surface area contributed by atoms with Gasteiger partial charge in [-0.1, -0.05) is 6.07 Å². The van der Waals surface area contributed by atoms with E-state index in [-0.39, 0.29) is 17.9 Å². The van der Waals surface area contributed by atoms with Gasteiger partial charge in [0.25, 0.3) is 5.56 Å². The van der Waals surface area contributed by atoms with Crippen LogP contribution in [0.2, 0.25) is 0 Å². The fourth-order valence-electron chi connectivity index (χ4n) is 2.95. The molecule has 21 heavy (non-hydrogen) atoms. The Balaban J connectivity index is 2.03. The zero-order valence-corrected chi connectivity index (χ0v) is 12.4. The second-order valence-electron chi connectivity index (χ2n) is 5.37. The molecule has 5 heteroatoms. The van der Waals surface area contributed by atoms with Crippen LogP contribution in [-0.4, -0.2) is 16.8 Å². The van der Waals surface area contributed by atoms with Crippen molar-refractivity contribution in [2.75, 3.05) is 11.2 Å². The van der Waals surface area contributed by atoms with Crippen LogP contribution in [0.4, 0.5) is 5.69 Å². The summed E-state index contributed by atoms with van der Waals surface area (Å²) in [6.45, 7) is 0. The molecular weight excluding hydrogens is 288 g/mol. The molecule has 1 heterocycles. The molecule has 0 saturated carbocycles. The highest BCUT2D eigenvalue weighted by Crippen LogP contribution is 2.27. The van der Waals surface area contributed by atoms with E-state index in [9.17, 15) is 9.59 Å². The number of H-pyrrole nitrogens is 1. The number of nitrogens with one attached hydrogen (secondary N) is 2. The lowest BCUT2D eigenvalue weighted by molar-refractivity contribution is -0.115.